The molecule has 2 heteroatoms. The molecular weight excluding hydrogens is 677 g/mol. The largest absolute Gasteiger partial charge is 0.311 e. The van der Waals surface area contributed by atoms with Gasteiger partial charge in [-0.3, -0.25) is 0 Å². The summed E-state index contributed by atoms with van der Waals surface area (Å²) >= 11 is 0. The van der Waals surface area contributed by atoms with E-state index in [9.17, 15) is 0 Å². The highest BCUT2D eigenvalue weighted by molar-refractivity contribution is 6.10. The molecule has 0 aliphatic carbocycles. The predicted octanol–water partition coefficient (Wildman–Crippen LogP) is 14.9. The maximum Gasteiger partial charge on any atom is 0.0541 e. The van der Waals surface area contributed by atoms with Crippen molar-refractivity contribution in [3.63, 3.8) is 0 Å². The second-order valence-corrected chi connectivity index (χ2v) is 14.2. The number of hydrogen-bond acceptors (Lipinski definition) is 1. The predicted molar refractivity (Wildman–Crippen MR) is 237 cm³/mol. The lowest BCUT2D eigenvalue weighted by molar-refractivity contribution is 1.18. The molecule has 10 aromatic rings. The molecule has 2 nitrogen and oxygen atoms in total. The molecule has 9 aromatic carbocycles. The third-order valence-electron chi connectivity index (χ3n) is 10.8. The minimum atomic E-state index is 1.11. The Morgan fingerprint density at radius 3 is 1.32 bits per heavy atom. The summed E-state index contributed by atoms with van der Waals surface area (Å²) in [6, 6.07) is 82.9. The summed E-state index contributed by atoms with van der Waals surface area (Å²) in [5.74, 6) is 0. The fourth-order valence-electron chi connectivity index (χ4n) is 8.02. The normalized spacial score (nSPS) is 11.2. The Morgan fingerprint density at radius 1 is 0.250 bits per heavy atom. The number of aromatic nitrogens is 1. The standard InChI is InChI=1S/C54H38N2/c1-4-14-39(15-5-1)41-26-31-48(32-27-41)55(47-21-8-3-9-22-47)49-33-28-42(29-34-49)43-18-12-19-44(36-43)46-30-35-54-52(38-46)51-24-10-11-25-53(51)56(54)50-23-13-20-45(37-50)40-16-6-2-7-17-40/h1-38H. The Bertz CT molecular complexity index is 2930. The third-order valence-corrected chi connectivity index (χ3v) is 10.8. The van der Waals surface area contributed by atoms with Gasteiger partial charge in [-0.25, -0.2) is 0 Å². The molecule has 0 spiro atoms. The summed E-state index contributed by atoms with van der Waals surface area (Å²) in [5, 5.41) is 2.50. The number of para-hydroxylation sites is 2. The van der Waals surface area contributed by atoms with Gasteiger partial charge in [0.15, 0.2) is 0 Å². The molecule has 56 heavy (non-hydrogen) atoms. The van der Waals surface area contributed by atoms with Crippen molar-refractivity contribution >= 4 is 38.9 Å². The zero-order valence-corrected chi connectivity index (χ0v) is 30.8. The summed E-state index contributed by atoms with van der Waals surface area (Å²) in [6.07, 6.45) is 0. The van der Waals surface area contributed by atoms with Crippen molar-refractivity contribution in [2.45, 2.75) is 0 Å². The first-order chi connectivity index (χ1) is 27.8. The maximum atomic E-state index is 2.40. The summed E-state index contributed by atoms with van der Waals surface area (Å²) in [5.41, 5.74) is 16.5. The second kappa shape index (κ2) is 14.4. The first-order valence-electron chi connectivity index (χ1n) is 19.2. The van der Waals surface area contributed by atoms with Crippen LogP contribution in [0.2, 0.25) is 0 Å². The van der Waals surface area contributed by atoms with Crippen LogP contribution in [0.5, 0.6) is 0 Å². The van der Waals surface area contributed by atoms with Gasteiger partial charge in [0.2, 0.25) is 0 Å². The lowest BCUT2D eigenvalue weighted by Crippen LogP contribution is -2.09. The Kier molecular flexibility index (Phi) is 8.55. The smallest absolute Gasteiger partial charge is 0.0541 e. The fourth-order valence-corrected chi connectivity index (χ4v) is 8.02. The van der Waals surface area contributed by atoms with Gasteiger partial charge >= 0.3 is 0 Å². The van der Waals surface area contributed by atoms with Crippen LogP contribution in [0, 0.1) is 0 Å². The highest BCUT2D eigenvalue weighted by atomic mass is 15.1. The summed E-state index contributed by atoms with van der Waals surface area (Å²) in [7, 11) is 0. The topological polar surface area (TPSA) is 8.17 Å². The van der Waals surface area contributed by atoms with E-state index < -0.39 is 0 Å². The van der Waals surface area contributed by atoms with Crippen molar-refractivity contribution in [1.29, 1.82) is 0 Å². The SMILES string of the molecule is c1ccc(-c2ccc(N(c3ccccc3)c3ccc(-c4cccc(-c5ccc6c(c5)c5ccccc5n6-c5cccc(-c6ccccc6)c5)c4)cc3)cc2)cc1. The molecule has 0 unspecified atom stereocenters. The van der Waals surface area contributed by atoms with Crippen molar-refractivity contribution < 1.29 is 0 Å². The van der Waals surface area contributed by atoms with E-state index >= 15 is 0 Å². The average molecular weight is 715 g/mol. The first-order valence-corrected chi connectivity index (χ1v) is 19.2. The van der Waals surface area contributed by atoms with E-state index in [-0.39, 0.29) is 0 Å². The molecule has 0 saturated carbocycles. The molecule has 264 valence electrons. The van der Waals surface area contributed by atoms with Gasteiger partial charge < -0.3 is 9.47 Å². The van der Waals surface area contributed by atoms with E-state index in [2.05, 4.69) is 240 Å². The Morgan fingerprint density at radius 2 is 0.661 bits per heavy atom. The van der Waals surface area contributed by atoms with Gasteiger partial charge in [0, 0.05) is 33.5 Å². The van der Waals surface area contributed by atoms with E-state index in [4.69, 9.17) is 0 Å². The molecule has 1 heterocycles. The number of benzene rings is 9. The minimum absolute atomic E-state index is 1.11. The van der Waals surface area contributed by atoms with Gasteiger partial charge in [-0.15, -0.1) is 0 Å². The molecule has 0 atom stereocenters. The molecule has 0 amide bonds. The quantitative estimate of drug-likeness (QED) is 0.152. The highest BCUT2D eigenvalue weighted by Gasteiger charge is 2.16. The van der Waals surface area contributed by atoms with Crippen molar-refractivity contribution in [1.82, 2.24) is 4.57 Å². The van der Waals surface area contributed by atoms with Gasteiger partial charge in [0.1, 0.15) is 0 Å². The van der Waals surface area contributed by atoms with Crippen LogP contribution in [-0.2, 0) is 0 Å². The van der Waals surface area contributed by atoms with Crippen LogP contribution in [0.25, 0.3) is 72.0 Å². The zero-order chi connectivity index (χ0) is 37.3. The number of nitrogens with zero attached hydrogens (tertiary/aromatic N) is 2. The monoisotopic (exact) mass is 714 g/mol. The van der Waals surface area contributed by atoms with Gasteiger partial charge in [-0.1, -0.05) is 158 Å². The van der Waals surface area contributed by atoms with Crippen LogP contribution in [-0.4, -0.2) is 4.57 Å². The molecule has 0 fully saturated rings. The Balaban J connectivity index is 0.983. The number of fused-ring (bicyclic) bond motifs is 3. The summed E-state index contributed by atoms with van der Waals surface area (Å²) in [6.45, 7) is 0. The van der Waals surface area contributed by atoms with Crippen molar-refractivity contribution in [3.8, 4) is 50.2 Å². The number of hydrogen-bond donors (Lipinski definition) is 0. The molecule has 0 radical (unpaired) electrons. The van der Waals surface area contributed by atoms with Crippen LogP contribution in [0.15, 0.2) is 231 Å². The van der Waals surface area contributed by atoms with E-state index in [0.717, 1.165) is 22.7 Å². The summed E-state index contributed by atoms with van der Waals surface area (Å²) < 4.78 is 2.40. The van der Waals surface area contributed by atoms with Gasteiger partial charge in [0.05, 0.1) is 11.0 Å². The summed E-state index contributed by atoms with van der Waals surface area (Å²) in [4.78, 5) is 2.32. The van der Waals surface area contributed by atoms with E-state index in [1.54, 1.807) is 0 Å². The Hall–Kier alpha value is -7.42. The lowest BCUT2D eigenvalue weighted by atomic mass is 9.97. The van der Waals surface area contributed by atoms with Crippen LogP contribution >= 0.6 is 0 Å². The van der Waals surface area contributed by atoms with E-state index in [1.165, 1.54) is 66.3 Å². The zero-order valence-electron chi connectivity index (χ0n) is 30.8. The molecule has 0 saturated heterocycles. The first kappa shape index (κ1) is 33.2. The van der Waals surface area contributed by atoms with Crippen molar-refractivity contribution in [2.75, 3.05) is 4.90 Å². The van der Waals surface area contributed by atoms with Crippen molar-refractivity contribution in [3.05, 3.63) is 231 Å². The molecular formula is C54H38N2. The molecule has 0 aliphatic rings. The van der Waals surface area contributed by atoms with Gasteiger partial charge in [-0.2, -0.15) is 0 Å². The third kappa shape index (κ3) is 6.24. The van der Waals surface area contributed by atoms with E-state index in [1.807, 2.05) is 0 Å². The number of rotatable bonds is 8. The van der Waals surface area contributed by atoms with Crippen LogP contribution < -0.4 is 4.90 Å². The van der Waals surface area contributed by atoms with Crippen LogP contribution in [0.1, 0.15) is 0 Å². The molecule has 1 aromatic heterocycles. The second-order valence-electron chi connectivity index (χ2n) is 14.2. The lowest BCUT2D eigenvalue weighted by Gasteiger charge is -2.26. The van der Waals surface area contributed by atoms with Gasteiger partial charge in [0.25, 0.3) is 0 Å². The highest BCUT2D eigenvalue weighted by Crippen LogP contribution is 2.39. The van der Waals surface area contributed by atoms with Crippen LogP contribution in [0.3, 0.4) is 0 Å². The minimum Gasteiger partial charge on any atom is -0.311 e. The maximum absolute atomic E-state index is 2.40. The van der Waals surface area contributed by atoms with Crippen molar-refractivity contribution in [2.24, 2.45) is 0 Å². The molecule has 0 bridgehead atoms. The average Bonchev–Trinajstić information content (AvgIpc) is 3.62. The Labute approximate surface area is 327 Å². The molecule has 0 aliphatic heterocycles. The fraction of sp³-hybridized carbons (Fsp3) is 0. The molecule has 0 N–H and O–H groups in total. The van der Waals surface area contributed by atoms with Crippen LogP contribution in [0.4, 0.5) is 17.1 Å². The number of anilines is 3. The van der Waals surface area contributed by atoms with Gasteiger partial charge in [-0.05, 0) is 117 Å². The van der Waals surface area contributed by atoms with E-state index in [0.29, 0.717) is 0 Å². The molecule has 10 rings (SSSR count).